The number of fused-ring (bicyclic) bond motifs is 1. The van der Waals surface area contributed by atoms with Crippen LogP contribution in [0, 0.1) is 0 Å². The van der Waals surface area contributed by atoms with Gasteiger partial charge in [0.25, 0.3) is 0 Å². The number of amides is 1. The molecule has 0 unspecified atom stereocenters. The lowest BCUT2D eigenvalue weighted by molar-refractivity contribution is 0.00468. The number of hydrogen-bond acceptors (Lipinski definition) is 8. The minimum absolute atomic E-state index is 0.00778. The second-order valence-electron chi connectivity index (χ2n) is 8.88. The SMILES string of the molecule is CCOC(=O)N(c1c(C(=O)c2cnn(C)c2)oc2cnc(C3=CCN=C3)cc12)[C@H]1CCO[C@@H](CC)C1. The van der Waals surface area contributed by atoms with Gasteiger partial charge in [0.15, 0.2) is 11.3 Å². The number of pyridine rings is 1. The molecule has 0 bridgehead atoms. The van der Waals surface area contributed by atoms with Gasteiger partial charge < -0.3 is 13.9 Å². The van der Waals surface area contributed by atoms with Crippen LogP contribution in [0.15, 0.2) is 40.1 Å². The molecule has 3 aromatic rings. The van der Waals surface area contributed by atoms with Crippen molar-refractivity contribution >= 4 is 40.3 Å². The predicted octanol–water partition coefficient (Wildman–Crippen LogP) is 4.18. The Morgan fingerprint density at radius 2 is 2.14 bits per heavy atom. The van der Waals surface area contributed by atoms with E-state index in [2.05, 4.69) is 22.0 Å². The molecule has 1 fully saturated rings. The van der Waals surface area contributed by atoms with Crippen molar-refractivity contribution < 1.29 is 23.5 Å². The van der Waals surface area contributed by atoms with E-state index < -0.39 is 6.09 Å². The first-order valence-corrected chi connectivity index (χ1v) is 12.2. The molecule has 36 heavy (non-hydrogen) atoms. The number of allylic oxidation sites excluding steroid dienone is 1. The summed E-state index contributed by atoms with van der Waals surface area (Å²) in [6, 6.07) is 1.62. The van der Waals surface area contributed by atoms with Crippen molar-refractivity contribution in [3.05, 3.63) is 47.8 Å². The highest BCUT2D eigenvalue weighted by Crippen LogP contribution is 2.39. The molecule has 0 spiro atoms. The van der Waals surface area contributed by atoms with Gasteiger partial charge in [-0.1, -0.05) is 13.0 Å². The number of aryl methyl sites for hydroxylation is 1. The number of furan rings is 1. The van der Waals surface area contributed by atoms with Crippen molar-refractivity contribution in [2.24, 2.45) is 12.0 Å². The third kappa shape index (κ3) is 4.44. The number of carbonyl (C=O) groups excluding carboxylic acids is 2. The maximum Gasteiger partial charge on any atom is 0.414 e. The first kappa shape index (κ1) is 23.9. The Morgan fingerprint density at radius 3 is 2.83 bits per heavy atom. The number of hydrogen-bond donors (Lipinski definition) is 0. The summed E-state index contributed by atoms with van der Waals surface area (Å²) in [6.45, 7) is 5.12. The van der Waals surface area contributed by atoms with Gasteiger partial charge in [0.2, 0.25) is 5.78 Å². The van der Waals surface area contributed by atoms with E-state index in [1.165, 1.54) is 6.20 Å². The summed E-state index contributed by atoms with van der Waals surface area (Å²) in [6.07, 6.45) is 9.97. The third-order valence-electron chi connectivity index (χ3n) is 6.53. The van der Waals surface area contributed by atoms with Crippen LogP contribution in [-0.4, -0.2) is 64.8 Å². The molecule has 0 aliphatic carbocycles. The number of aromatic nitrogens is 3. The van der Waals surface area contributed by atoms with E-state index in [-0.39, 0.29) is 30.3 Å². The van der Waals surface area contributed by atoms with Gasteiger partial charge in [-0.25, -0.2) is 4.79 Å². The van der Waals surface area contributed by atoms with Crippen LogP contribution in [0.25, 0.3) is 16.5 Å². The molecule has 0 radical (unpaired) electrons. The summed E-state index contributed by atoms with van der Waals surface area (Å²) in [4.78, 5) is 37.5. The topological polar surface area (TPSA) is 112 Å². The highest BCUT2D eigenvalue weighted by molar-refractivity contribution is 6.18. The second kappa shape index (κ2) is 10.1. The highest BCUT2D eigenvalue weighted by Gasteiger charge is 2.37. The van der Waals surface area contributed by atoms with E-state index in [1.807, 2.05) is 12.1 Å². The smallest absolute Gasteiger partial charge is 0.414 e. The zero-order valence-corrected chi connectivity index (χ0v) is 20.6. The van der Waals surface area contributed by atoms with Crippen molar-refractivity contribution in [3.8, 4) is 0 Å². The minimum Gasteiger partial charge on any atom is -0.449 e. The lowest BCUT2D eigenvalue weighted by Gasteiger charge is -2.36. The van der Waals surface area contributed by atoms with E-state index >= 15 is 0 Å². The van der Waals surface area contributed by atoms with Crippen molar-refractivity contribution in [2.45, 2.75) is 45.3 Å². The fourth-order valence-electron chi connectivity index (χ4n) is 4.73. The zero-order chi connectivity index (χ0) is 25.2. The molecule has 2 atom stereocenters. The Morgan fingerprint density at radius 1 is 1.28 bits per heavy atom. The summed E-state index contributed by atoms with van der Waals surface area (Å²) in [5.74, 6) is -0.315. The molecule has 1 amide bonds. The molecule has 5 rings (SSSR count). The number of anilines is 1. The maximum atomic E-state index is 13.7. The molecular weight excluding hydrogens is 462 g/mol. The number of aliphatic imine (C=N–C) groups is 1. The van der Waals surface area contributed by atoms with Crippen LogP contribution in [-0.2, 0) is 16.5 Å². The quantitative estimate of drug-likeness (QED) is 0.456. The van der Waals surface area contributed by atoms with Crippen LogP contribution >= 0.6 is 0 Å². The van der Waals surface area contributed by atoms with Crippen LogP contribution in [0.3, 0.4) is 0 Å². The molecular formula is C26H29N5O5. The molecule has 0 saturated carbocycles. The van der Waals surface area contributed by atoms with Crippen molar-refractivity contribution in [1.29, 1.82) is 0 Å². The molecule has 188 valence electrons. The van der Waals surface area contributed by atoms with E-state index in [4.69, 9.17) is 13.9 Å². The van der Waals surface area contributed by atoms with Gasteiger partial charge in [-0.2, -0.15) is 5.10 Å². The summed E-state index contributed by atoms with van der Waals surface area (Å²) >= 11 is 0. The number of ether oxygens (including phenoxy) is 2. The standard InChI is InChI=1S/C26H29N5O5/c1-4-19-10-18(7-9-35-19)31(26(33)34-5-2)23-20-11-21(16-6-8-27-12-16)28-14-22(20)36-25(23)24(32)17-13-29-30(3)15-17/h6,11-15,18-19H,4-5,7-10H2,1-3H3/t18-,19-/m0/s1. The fraction of sp³-hybridized carbons (Fsp3) is 0.423. The summed E-state index contributed by atoms with van der Waals surface area (Å²) in [7, 11) is 1.74. The van der Waals surface area contributed by atoms with Crippen LogP contribution in [0.4, 0.5) is 10.5 Å². The first-order chi connectivity index (χ1) is 17.5. The molecule has 2 aliphatic rings. The molecule has 0 aromatic carbocycles. The van der Waals surface area contributed by atoms with E-state index in [1.54, 1.807) is 42.2 Å². The lowest BCUT2D eigenvalue weighted by Crippen LogP contribution is -2.46. The monoisotopic (exact) mass is 491 g/mol. The van der Waals surface area contributed by atoms with Gasteiger partial charge in [-0.05, 0) is 32.3 Å². The summed E-state index contributed by atoms with van der Waals surface area (Å²) in [5, 5.41) is 4.74. The number of carbonyl (C=O) groups is 2. The lowest BCUT2D eigenvalue weighted by atomic mass is 9.98. The van der Waals surface area contributed by atoms with E-state index in [0.29, 0.717) is 53.9 Å². The number of nitrogens with zero attached hydrogens (tertiary/aromatic N) is 5. The van der Waals surface area contributed by atoms with Crippen molar-refractivity contribution in [1.82, 2.24) is 14.8 Å². The second-order valence-corrected chi connectivity index (χ2v) is 8.88. The molecule has 5 heterocycles. The zero-order valence-electron chi connectivity index (χ0n) is 20.6. The van der Waals surface area contributed by atoms with Crippen molar-refractivity contribution in [2.75, 3.05) is 24.7 Å². The fourth-order valence-corrected chi connectivity index (χ4v) is 4.73. The minimum atomic E-state index is -0.526. The third-order valence-corrected chi connectivity index (χ3v) is 6.53. The Kier molecular flexibility index (Phi) is 6.69. The van der Waals surface area contributed by atoms with Gasteiger partial charge >= 0.3 is 6.09 Å². The molecule has 10 heteroatoms. The van der Waals surface area contributed by atoms with E-state index in [9.17, 15) is 9.59 Å². The van der Waals surface area contributed by atoms with Crippen LogP contribution in [0.2, 0.25) is 0 Å². The van der Waals surface area contributed by atoms with Crippen LogP contribution in [0.5, 0.6) is 0 Å². The average molecular weight is 492 g/mol. The highest BCUT2D eigenvalue weighted by atomic mass is 16.6. The number of ketones is 1. The first-order valence-electron chi connectivity index (χ1n) is 12.2. The van der Waals surface area contributed by atoms with Gasteiger partial charge in [-0.3, -0.25) is 24.4 Å². The van der Waals surface area contributed by atoms with Crippen LogP contribution in [0.1, 0.15) is 54.9 Å². The predicted molar refractivity (Wildman–Crippen MR) is 135 cm³/mol. The average Bonchev–Trinajstić information content (AvgIpc) is 3.64. The van der Waals surface area contributed by atoms with Crippen molar-refractivity contribution in [3.63, 3.8) is 0 Å². The Bertz CT molecular complexity index is 1350. The molecule has 10 nitrogen and oxygen atoms in total. The Labute approximate surface area is 208 Å². The largest absolute Gasteiger partial charge is 0.449 e. The Balaban J connectivity index is 1.71. The maximum absolute atomic E-state index is 13.7. The molecule has 0 N–H and O–H groups in total. The molecule has 2 aliphatic heterocycles. The van der Waals surface area contributed by atoms with Gasteiger partial charge in [0, 0.05) is 43.1 Å². The molecule has 3 aromatic heterocycles. The molecule has 1 saturated heterocycles. The van der Waals surface area contributed by atoms with Gasteiger partial charge in [0.1, 0.15) is 5.69 Å². The number of rotatable bonds is 7. The van der Waals surface area contributed by atoms with Gasteiger partial charge in [-0.15, -0.1) is 0 Å². The summed E-state index contributed by atoms with van der Waals surface area (Å²) in [5.41, 5.74) is 2.72. The van der Waals surface area contributed by atoms with Gasteiger partial charge in [0.05, 0.1) is 42.9 Å². The Hall–Kier alpha value is -3.79. The van der Waals surface area contributed by atoms with E-state index in [0.717, 1.165) is 12.0 Å². The normalized spacial score (nSPS) is 19.5. The summed E-state index contributed by atoms with van der Waals surface area (Å²) < 4.78 is 19.0. The van der Waals surface area contributed by atoms with Crippen LogP contribution < -0.4 is 4.90 Å².